The van der Waals surface area contributed by atoms with Crippen LogP contribution in [0.1, 0.15) is 0 Å². The number of nitrogens with two attached hydrogens (primary N) is 1. The quantitative estimate of drug-likeness (QED) is 0.856. The van der Waals surface area contributed by atoms with Crippen molar-refractivity contribution in [3.8, 4) is 23.0 Å². The molecule has 0 aliphatic rings. The molecule has 2 rings (SSSR count). The molecular formula is C16H18N2O4. The molecule has 0 aliphatic carbocycles. The third kappa shape index (κ3) is 3.89. The van der Waals surface area contributed by atoms with E-state index in [0.717, 1.165) is 0 Å². The number of amides is 1. The highest BCUT2D eigenvalue weighted by Gasteiger charge is 2.09. The zero-order valence-corrected chi connectivity index (χ0v) is 12.5. The Hall–Kier alpha value is -2.73. The molecule has 0 heterocycles. The summed E-state index contributed by atoms with van der Waals surface area (Å²) in [5.74, 6) is 1.96. The maximum Gasteiger partial charge on any atom is 0.238 e. The summed E-state index contributed by atoms with van der Waals surface area (Å²) >= 11 is 0. The van der Waals surface area contributed by atoms with Gasteiger partial charge in [-0.05, 0) is 12.1 Å². The molecule has 1 amide bonds. The summed E-state index contributed by atoms with van der Waals surface area (Å²) in [5.41, 5.74) is 5.85. The van der Waals surface area contributed by atoms with E-state index in [9.17, 15) is 4.79 Å². The first-order valence-corrected chi connectivity index (χ1v) is 6.66. The molecule has 6 heteroatoms. The van der Waals surface area contributed by atoms with Gasteiger partial charge in [-0.1, -0.05) is 12.1 Å². The zero-order chi connectivity index (χ0) is 15.9. The van der Waals surface area contributed by atoms with E-state index in [4.69, 9.17) is 19.9 Å². The number of carbonyl (C=O) groups is 1. The molecule has 0 fully saturated rings. The lowest BCUT2D eigenvalue weighted by molar-refractivity contribution is -0.114. The largest absolute Gasteiger partial charge is 0.496 e. The van der Waals surface area contributed by atoms with Crippen LogP contribution in [0.2, 0.25) is 0 Å². The van der Waals surface area contributed by atoms with Gasteiger partial charge in [0.1, 0.15) is 17.2 Å². The van der Waals surface area contributed by atoms with E-state index in [1.165, 1.54) is 0 Å². The van der Waals surface area contributed by atoms with Crippen LogP contribution in [0.25, 0.3) is 0 Å². The van der Waals surface area contributed by atoms with Gasteiger partial charge in [-0.3, -0.25) is 4.79 Å². The van der Waals surface area contributed by atoms with E-state index in [1.807, 2.05) is 6.07 Å². The maximum atomic E-state index is 11.5. The van der Waals surface area contributed by atoms with E-state index in [1.54, 1.807) is 50.6 Å². The smallest absolute Gasteiger partial charge is 0.238 e. The normalized spacial score (nSPS) is 9.95. The third-order valence-corrected chi connectivity index (χ3v) is 2.90. The lowest BCUT2D eigenvalue weighted by atomic mass is 10.2. The Morgan fingerprint density at radius 2 is 1.64 bits per heavy atom. The minimum atomic E-state index is -0.292. The van der Waals surface area contributed by atoms with Gasteiger partial charge in [0.05, 0.1) is 26.5 Å². The summed E-state index contributed by atoms with van der Waals surface area (Å²) in [4.78, 5) is 11.5. The Kier molecular flexibility index (Phi) is 5.21. The Labute approximate surface area is 128 Å². The fourth-order valence-electron chi connectivity index (χ4n) is 1.83. The second-order valence-corrected chi connectivity index (χ2v) is 4.40. The molecule has 0 saturated heterocycles. The molecule has 0 saturated carbocycles. The Morgan fingerprint density at radius 3 is 2.23 bits per heavy atom. The minimum Gasteiger partial charge on any atom is -0.496 e. The monoisotopic (exact) mass is 302 g/mol. The number of carbonyl (C=O) groups excluding carboxylic acids is 1. The van der Waals surface area contributed by atoms with E-state index < -0.39 is 0 Å². The molecule has 2 aromatic carbocycles. The molecule has 3 N–H and O–H groups in total. The van der Waals surface area contributed by atoms with Gasteiger partial charge < -0.3 is 25.3 Å². The third-order valence-electron chi connectivity index (χ3n) is 2.90. The Bertz CT molecular complexity index is 636. The highest BCUT2D eigenvalue weighted by Crippen LogP contribution is 2.34. The van der Waals surface area contributed by atoms with Gasteiger partial charge in [0.15, 0.2) is 5.75 Å². The SMILES string of the molecule is COc1cc(OC)cc(Oc2ccccc2NC(=O)CN)c1. The van der Waals surface area contributed by atoms with Crippen LogP contribution in [0.4, 0.5) is 5.69 Å². The summed E-state index contributed by atoms with van der Waals surface area (Å²) < 4.78 is 16.2. The first kappa shape index (κ1) is 15.7. The summed E-state index contributed by atoms with van der Waals surface area (Å²) in [7, 11) is 3.13. The van der Waals surface area contributed by atoms with Crippen molar-refractivity contribution in [3.63, 3.8) is 0 Å². The number of nitrogens with one attached hydrogen (secondary N) is 1. The number of ether oxygens (including phenoxy) is 3. The molecule has 22 heavy (non-hydrogen) atoms. The summed E-state index contributed by atoms with van der Waals surface area (Å²) in [6.45, 7) is -0.0959. The number of benzene rings is 2. The van der Waals surface area contributed by atoms with Crippen molar-refractivity contribution >= 4 is 11.6 Å². The molecule has 0 unspecified atom stereocenters. The van der Waals surface area contributed by atoms with Crippen LogP contribution < -0.4 is 25.3 Å². The van der Waals surface area contributed by atoms with Crippen LogP contribution in [-0.4, -0.2) is 26.7 Å². The first-order chi connectivity index (χ1) is 10.7. The van der Waals surface area contributed by atoms with Crippen molar-refractivity contribution in [1.29, 1.82) is 0 Å². The summed E-state index contributed by atoms with van der Waals surface area (Å²) in [6.07, 6.45) is 0. The van der Waals surface area contributed by atoms with Crippen molar-refractivity contribution in [1.82, 2.24) is 0 Å². The average molecular weight is 302 g/mol. The van der Waals surface area contributed by atoms with Crippen LogP contribution >= 0.6 is 0 Å². The van der Waals surface area contributed by atoms with Gasteiger partial charge in [0, 0.05) is 18.2 Å². The standard InChI is InChI=1S/C16H18N2O4/c1-20-11-7-12(21-2)9-13(8-11)22-15-6-4-3-5-14(15)18-16(19)10-17/h3-9H,10,17H2,1-2H3,(H,18,19). The number of para-hydroxylation sites is 2. The molecule has 116 valence electrons. The molecule has 0 bridgehead atoms. The molecule has 0 aliphatic heterocycles. The lowest BCUT2D eigenvalue weighted by Crippen LogP contribution is -2.22. The summed E-state index contributed by atoms with van der Waals surface area (Å²) in [6, 6.07) is 12.3. The predicted octanol–water partition coefficient (Wildman–Crippen LogP) is 2.39. The van der Waals surface area contributed by atoms with Crippen molar-refractivity contribution in [2.45, 2.75) is 0 Å². The topological polar surface area (TPSA) is 82.8 Å². The van der Waals surface area contributed by atoms with Gasteiger partial charge in [-0.25, -0.2) is 0 Å². The highest BCUT2D eigenvalue weighted by atomic mass is 16.5. The fourth-order valence-corrected chi connectivity index (χ4v) is 1.83. The Morgan fingerprint density at radius 1 is 1.05 bits per heavy atom. The van der Waals surface area contributed by atoms with Crippen molar-refractivity contribution < 1.29 is 19.0 Å². The zero-order valence-electron chi connectivity index (χ0n) is 12.5. The van der Waals surface area contributed by atoms with E-state index in [0.29, 0.717) is 28.7 Å². The van der Waals surface area contributed by atoms with Crippen LogP contribution in [0.5, 0.6) is 23.0 Å². The lowest BCUT2D eigenvalue weighted by Gasteiger charge is -2.13. The van der Waals surface area contributed by atoms with E-state index in [2.05, 4.69) is 5.32 Å². The van der Waals surface area contributed by atoms with Crippen LogP contribution in [-0.2, 0) is 4.79 Å². The van der Waals surface area contributed by atoms with Crippen molar-refractivity contribution in [2.24, 2.45) is 5.73 Å². The molecule has 6 nitrogen and oxygen atoms in total. The second kappa shape index (κ2) is 7.33. The molecule has 2 aromatic rings. The van der Waals surface area contributed by atoms with Crippen LogP contribution in [0, 0.1) is 0 Å². The molecular weight excluding hydrogens is 284 g/mol. The van der Waals surface area contributed by atoms with Gasteiger partial charge in [-0.2, -0.15) is 0 Å². The Balaban J connectivity index is 2.29. The number of hydrogen-bond acceptors (Lipinski definition) is 5. The van der Waals surface area contributed by atoms with E-state index >= 15 is 0 Å². The minimum absolute atomic E-state index is 0.0959. The maximum absolute atomic E-state index is 11.5. The van der Waals surface area contributed by atoms with E-state index in [-0.39, 0.29) is 12.5 Å². The first-order valence-electron chi connectivity index (χ1n) is 6.66. The average Bonchev–Trinajstić information content (AvgIpc) is 2.56. The van der Waals surface area contributed by atoms with Gasteiger partial charge >= 0.3 is 0 Å². The van der Waals surface area contributed by atoms with Crippen LogP contribution in [0.3, 0.4) is 0 Å². The fraction of sp³-hybridized carbons (Fsp3) is 0.188. The number of methoxy groups -OCH3 is 2. The van der Waals surface area contributed by atoms with Gasteiger partial charge in [-0.15, -0.1) is 0 Å². The van der Waals surface area contributed by atoms with Crippen molar-refractivity contribution in [2.75, 3.05) is 26.1 Å². The highest BCUT2D eigenvalue weighted by molar-refractivity contribution is 5.93. The number of rotatable bonds is 6. The summed E-state index contributed by atoms with van der Waals surface area (Å²) in [5, 5.41) is 2.69. The molecule has 0 aromatic heterocycles. The van der Waals surface area contributed by atoms with Gasteiger partial charge in [0.25, 0.3) is 0 Å². The predicted molar refractivity (Wildman–Crippen MR) is 83.7 cm³/mol. The van der Waals surface area contributed by atoms with Crippen molar-refractivity contribution in [3.05, 3.63) is 42.5 Å². The molecule has 0 atom stereocenters. The second-order valence-electron chi connectivity index (χ2n) is 4.40. The van der Waals surface area contributed by atoms with Crippen LogP contribution in [0.15, 0.2) is 42.5 Å². The number of hydrogen-bond donors (Lipinski definition) is 2. The molecule has 0 spiro atoms. The number of anilines is 1. The molecule has 0 radical (unpaired) electrons. The van der Waals surface area contributed by atoms with Gasteiger partial charge in [0.2, 0.25) is 5.91 Å².